The first kappa shape index (κ1) is 13.6. The number of carbonyl (C=O) groups excluding carboxylic acids is 1. The van der Waals surface area contributed by atoms with Crippen LogP contribution in [-0.4, -0.2) is 40.3 Å². The average Bonchev–Trinajstić information content (AvgIpc) is 2.29. The molecule has 1 rings (SSSR count). The Morgan fingerprint density at radius 1 is 1.44 bits per heavy atom. The molecule has 0 spiro atoms. The number of carbonyl (C=O) groups is 1. The van der Waals surface area contributed by atoms with Gasteiger partial charge in [0, 0.05) is 34.9 Å². The Bertz CT molecular complexity index is 248. The summed E-state index contributed by atoms with van der Waals surface area (Å²) in [6.07, 6.45) is 2.79. The van der Waals surface area contributed by atoms with Gasteiger partial charge in [-0.15, -0.1) is 0 Å². The Labute approximate surface area is 100 Å². The third-order valence-electron chi connectivity index (χ3n) is 2.82. The molecule has 4 nitrogen and oxygen atoms in total. The van der Waals surface area contributed by atoms with Crippen molar-refractivity contribution in [1.29, 1.82) is 0 Å². The van der Waals surface area contributed by atoms with Gasteiger partial charge in [-0.25, -0.2) is 0 Å². The molecule has 1 aliphatic heterocycles. The lowest BCUT2D eigenvalue weighted by Crippen LogP contribution is -2.48. The molecule has 1 aliphatic rings. The molecule has 2 N–H and O–H groups in total. The van der Waals surface area contributed by atoms with Crippen LogP contribution in [0.4, 0.5) is 0 Å². The van der Waals surface area contributed by atoms with E-state index in [0.29, 0.717) is 6.04 Å². The Morgan fingerprint density at radius 2 is 2.06 bits per heavy atom. The van der Waals surface area contributed by atoms with Gasteiger partial charge in [-0.1, -0.05) is 6.92 Å². The van der Waals surface area contributed by atoms with Crippen LogP contribution in [-0.2, 0) is 15.6 Å². The summed E-state index contributed by atoms with van der Waals surface area (Å²) in [7, 11) is -0.632. The van der Waals surface area contributed by atoms with E-state index in [0.717, 1.165) is 37.3 Å². The van der Waals surface area contributed by atoms with Crippen LogP contribution in [0.2, 0.25) is 0 Å². The van der Waals surface area contributed by atoms with Crippen LogP contribution in [0.25, 0.3) is 0 Å². The highest BCUT2D eigenvalue weighted by atomic mass is 32.2. The fourth-order valence-electron chi connectivity index (χ4n) is 1.79. The zero-order valence-electron chi connectivity index (χ0n) is 10.1. The fourth-order valence-corrected chi connectivity index (χ4v) is 3.09. The molecule has 5 heteroatoms. The minimum Gasteiger partial charge on any atom is -0.355 e. The lowest BCUT2D eigenvalue weighted by atomic mass is 10.1. The van der Waals surface area contributed by atoms with Gasteiger partial charge in [0.05, 0.1) is 6.04 Å². The molecule has 0 radical (unpaired) electrons. The van der Waals surface area contributed by atoms with Crippen molar-refractivity contribution in [3.8, 4) is 0 Å². The van der Waals surface area contributed by atoms with Crippen LogP contribution < -0.4 is 10.6 Å². The predicted molar refractivity (Wildman–Crippen MR) is 66.8 cm³/mol. The summed E-state index contributed by atoms with van der Waals surface area (Å²) in [5.74, 6) is 1.59. The van der Waals surface area contributed by atoms with Crippen molar-refractivity contribution in [2.24, 2.45) is 0 Å². The van der Waals surface area contributed by atoms with Gasteiger partial charge in [0.25, 0.3) is 0 Å². The van der Waals surface area contributed by atoms with Crippen LogP contribution in [0.1, 0.15) is 33.1 Å². The topological polar surface area (TPSA) is 58.2 Å². The lowest BCUT2D eigenvalue weighted by Gasteiger charge is -2.25. The Kier molecular flexibility index (Phi) is 5.98. The summed E-state index contributed by atoms with van der Waals surface area (Å²) in [5.41, 5.74) is 0. The van der Waals surface area contributed by atoms with Crippen molar-refractivity contribution >= 4 is 16.7 Å². The first-order chi connectivity index (χ1) is 7.63. The summed E-state index contributed by atoms with van der Waals surface area (Å²) in [6.45, 7) is 4.66. The van der Waals surface area contributed by atoms with Crippen LogP contribution in [0, 0.1) is 0 Å². The average molecular weight is 246 g/mol. The quantitative estimate of drug-likeness (QED) is 0.738. The number of hydrogen-bond acceptors (Lipinski definition) is 3. The van der Waals surface area contributed by atoms with Gasteiger partial charge in [-0.05, 0) is 26.2 Å². The van der Waals surface area contributed by atoms with Gasteiger partial charge in [-0.2, -0.15) is 0 Å². The zero-order chi connectivity index (χ0) is 12.0. The van der Waals surface area contributed by atoms with E-state index in [2.05, 4.69) is 10.6 Å². The molecule has 1 amide bonds. The van der Waals surface area contributed by atoms with Crippen molar-refractivity contribution in [1.82, 2.24) is 10.6 Å². The minimum absolute atomic E-state index is 0.0635. The third-order valence-corrected chi connectivity index (χ3v) is 4.20. The molecule has 16 heavy (non-hydrogen) atoms. The number of hydrogen-bond donors (Lipinski definition) is 2. The molecule has 0 bridgehead atoms. The fraction of sp³-hybridized carbons (Fsp3) is 0.909. The molecule has 1 saturated heterocycles. The summed E-state index contributed by atoms with van der Waals surface area (Å²) in [5, 5.41) is 6.17. The van der Waals surface area contributed by atoms with E-state index in [-0.39, 0.29) is 11.9 Å². The molecule has 0 saturated carbocycles. The van der Waals surface area contributed by atoms with Crippen molar-refractivity contribution in [3.63, 3.8) is 0 Å². The molecule has 94 valence electrons. The van der Waals surface area contributed by atoms with E-state index in [4.69, 9.17) is 0 Å². The molecular weight excluding hydrogens is 224 g/mol. The van der Waals surface area contributed by atoms with E-state index in [1.54, 1.807) is 0 Å². The van der Waals surface area contributed by atoms with Gasteiger partial charge < -0.3 is 10.6 Å². The molecule has 0 aromatic heterocycles. The second-order valence-corrected chi connectivity index (χ2v) is 6.00. The maximum Gasteiger partial charge on any atom is 0.236 e. The van der Waals surface area contributed by atoms with E-state index in [1.165, 1.54) is 0 Å². The maximum atomic E-state index is 11.6. The first-order valence-corrected chi connectivity index (χ1v) is 7.51. The van der Waals surface area contributed by atoms with Crippen LogP contribution >= 0.6 is 0 Å². The van der Waals surface area contributed by atoms with Gasteiger partial charge in [0.2, 0.25) is 5.91 Å². The molecule has 1 atom stereocenters. The smallest absolute Gasteiger partial charge is 0.236 e. The maximum absolute atomic E-state index is 11.6. The van der Waals surface area contributed by atoms with Crippen LogP contribution in [0.15, 0.2) is 0 Å². The normalized spacial score (nSPS) is 27.4. The largest absolute Gasteiger partial charge is 0.355 e. The van der Waals surface area contributed by atoms with Gasteiger partial charge >= 0.3 is 0 Å². The SMILES string of the molecule is CCCNC(=O)C(C)NC1CCS(=O)CC1. The van der Waals surface area contributed by atoms with E-state index in [1.807, 2.05) is 13.8 Å². The summed E-state index contributed by atoms with van der Waals surface area (Å²) >= 11 is 0. The molecule has 0 aliphatic carbocycles. The number of rotatable bonds is 5. The molecule has 0 aromatic rings. The lowest BCUT2D eigenvalue weighted by molar-refractivity contribution is -0.122. The van der Waals surface area contributed by atoms with Crippen molar-refractivity contribution in [3.05, 3.63) is 0 Å². The summed E-state index contributed by atoms with van der Waals surface area (Å²) < 4.78 is 11.2. The van der Waals surface area contributed by atoms with E-state index >= 15 is 0 Å². The van der Waals surface area contributed by atoms with Crippen LogP contribution in [0.3, 0.4) is 0 Å². The molecule has 1 fully saturated rings. The third kappa shape index (κ3) is 4.61. The van der Waals surface area contributed by atoms with Crippen molar-refractivity contribution < 1.29 is 9.00 Å². The predicted octanol–water partition coefficient (Wildman–Crippen LogP) is 0.402. The molecule has 1 heterocycles. The van der Waals surface area contributed by atoms with Gasteiger partial charge in [0.1, 0.15) is 0 Å². The monoisotopic (exact) mass is 246 g/mol. The standard InChI is InChI=1S/C11H22N2O2S/c1-3-6-12-11(14)9(2)13-10-4-7-16(15)8-5-10/h9-10,13H,3-8H2,1-2H3,(H,12,14). The second kappa shape index (κ2) is 7.01. The molecule has 1 unspecified atom stereocenters. The minimum atomic E-state index is -0.632. The van der Waals surface area contributed by atoms with Crippen molar-refractivity contribution in [2.45, 2.75) is 45.2 Å². The highest BCUT2D eigenvalue weighted by Crippen LogP contribution is 2.09. The molecule has 0 aromatic carbocycles. The Morgan fingerprint density at radius 3 is 2.62 bits per heavy atom. The van der Waals surface area contributed by atoms with Gasteiger partial charge in [0.15, 0.2) is 0 Å². The van der Waals surface area contributed by atoms with Gasteiger partial charge in [-0.3, -0.25) is 9.00 Å². The van der Waals surface area contributed by atoms with Crippen LogP contribution in [0.5, 0.6) is 0 Å². The number of amides is 1. The number of nitrogens with one attached hydrogen (secondary N) is 2. The first-order valence-electron chi connectivity index (χ1n) is 6.02. The second-order valence-electron chi connectivity index (χ2n) is 4.30. The summed E-state index contributed by atoms with van der Waals surface area (Å²) in [4.78, 5) is 11.6. The zero-order valence-corrected chi connectivity index (χ0v) is 10.9. The Balaban J connectivity index is 2.25. The highest BCUT2D eigenvalue weighted by molar-refractivity contribution is 7.85. The van der Waals surface area contributed by atoms with Crippen molar-refractivity contribution in [2.75, 3.05) is 18.1 Å². The Hall–Kier alpha value is -0.420. The van der Waals surface area contributed by atoms with E-state index in [9.17, 15) is 9.00 Å². The molecular formula is C11H22N2O2S. The van der Waals surface area contributed by atoms with E-state index < -0.39 is 10.8 Å². The summed E-state index contributed by atoms with van der Waals surface area (Å²) in [6, 6.07) is 0.197. The highest BCUT2D eigenvalue weighted by Gasteiger charge is 2.21.